The number of carbonyl (C=O) groups excluding carboxylic acids is 1. The Bertz CT molecular complexity index is 715. The summed E-state index contributed by atoms with van der Waals surface area (Å²) in [6.45, 7) is 4.25. The van der Waals surface area contributed by atoms with E-state index in [4.69, 9.17) is 11.6 Å². The summed E-state index contributed by atoms with van der Waals surface area (Å²) in [6.07, 6.45) is 10.3. The number of halogens is 2. The Labute approximate surface area is 164 Å². The Hall–Kier alpha value is -1.33. The van der Waals surface area contributed by atoms with Crippen molar-refractivity contribution in [2.24, 2.45) is 0 Å². The van der Waals surface area contributed by atoms with E-state index in [9.17, 15) is 4.79 Å². The van der Waals surface area contributed by atoms with Crippen LogP contribution in [0.25, 0.3) is 0 Å². The number of amides is 1. The maximum atomic E-state index is 12.5. The van der Waals surface area contributed by atoms with Crippen molar-refractivity contribution >= 4 is 23.2 Å². The molecule has 0 bridgehead atoms. The van der Waals surface area contributed by atoms with E-state index in [1.165, 1.54) is 32.1 Å². The zero-order valence-corrected chi connectivity index (χ0v) is 17.1. The van der Waals surface area contributed by atoms with Gasteiger partial charge in [-0.15, -0.1) is 4.68 Å². The predicted molar refractivity (Wildman–Crippen MR) is 96.3 cm³/mol. The number of nitrogens with zero attached hydrogens (tertiary/aromatic N) is 2. The van der Waals surface area contributed by atoms with Crippen molar-refractivity contribution in [2.75, 3.05) is 5.32 Å². The Kier molecular flexibility index (Phi) is 7.08. The molecule has 1 aromatic heterocycles. The van der Waals surface area contributed by atoms with Gasteiger partial charge in [0, 0.05) is 16.8 Å². The first-order chi connectivity index (χ1) is 11.5. The number of carbonyl (C=O) groups is 1. The molecule has 6 heteroatoms. The summed E-state index contributed by atoms with van der Waals surface area (Å²) in [7, 11) is 0. The first kappa shape index (κ1) is 20.0. The van der Waals surface area contributed by atoms with Crippen LogP contribution in [0.4, 0.5) is 5.69 Å². The quantitative estimate of drug-likeness (QED) is 0.733. The van der Waals surface area contributed by atoms with Gasteiger partial charge in [-0.25, -0.2) is 0 Å². The number of hydrogen-bond acceptors (Lipinski definition) is 1. The minimum atomic E-state index is -0.00992. The van der Waals surface area contributed by atoms with Gasteiger partial charge in [-0.2, -0.15) is 4.68 Å². The Morgan fingerprint density at radius 2 is 1.88 bits per heavy atom. The third-order valence-corrected chi connectivity index (χ3v) is 5.03. The summed E-state index contributed by atoms with van der Waals surface area (Å²) < 4.78 is 4.24. The van der Waals surface area contributed by atoms with Gasteiger partial charge in [-0.05, 0) is 49.9 Å². The van der Waals surface area contributed by atoms with Gasteiger partial charge in [-0.3, -0.25) is 4.79 Å². The highest BCUT2D eigenvalue weighted by Crippen LogP contribution is 2.27. The van der Waals surface area contributed by atoms with Crippen molar-refractivity contribution < 1.29 is 26.5 Å². The third-order valence-electron chi connectivity index (χ3n) is 4.81. The first-order valence-corrected chi connectivity index (χ1v) is 9.05. The van der Waals surface area contributed by atoms with Crippen LogP contribution in [0.2, 0.25) is 5.02 Å². The second-order valence-electron chi connectivity index (χ2n) is 6.72. The molecule has 0 saturated heterocycles. The molecule has 136 valence electrons. The molecule has 1 amide bonds. The van der Waals surface area contributed by atoms with E-state index < -0.39 is 0 Å². The van der Waals surface area contributed by atoms with Crippen LogP contribution in [0.5, 0.6) is 0 Å². The zero-order chi connectivity index (χ0) is 17.1. The molecule has 1 N–H and O–H groups in total. The third kappa shape index (κ3) is 4.85. The van der Waals surface area contributed by atoms with Gasteiger partial charge in [0.15, 0.2) is 6.20 Å². The van der Waals surface area contributed by atoms with Crippen LogP contribution >= 0.6 is 11.6 Å². The maximum absolute atomic E-state index is 12.5. The fraction of sp³-hybridized carbons (Fsp3) is 0.474. The Balaban J connectivity index is 0.00000225. The molecule has 3 rings (SSSR count). The highest BCUT2D eigenvalue weighted by Gasteiger charge is 2.23. The van der Waals surface area contributed by atoms with Crippen LogP contribution in [0, 0.1) is 13.8 Å². The number of benzene rings is 1. The van der Waals surface area contributed by atoms with E-state index in [1.54, 1.807) is 0 Å². The van der Waals surface area contributed by atoms with E-state index in [0.29, 0.717) is 17.6 Å². The second kappa shape index (κ2) is 8.86. The lowest BCUT2D eigenvalue weighted by molar-refractivity contribution is -0.767. The van der Waals surface area contributed by atoms with Crippen molar-refractivity contribution in [1.29, 1.82) is 0 Å². The molecule has 0 spiro atoms. The monoisotopic (exact) mass is 425 g/mol. The molecule has 25 heavy (non-hydrogen) atoms. The van der Waals surface area contributed by atoms with Crippen LogP contribution in [0.1, 0.15) is 49.3 Å². The molecular formula is C19H25BrClN3O. The number of nitrogens with one attached hydrogen (secondary N) is 1. The van der Waals surface area contributed by atoms with Crippen molar-refractivity contribution in [3.8, 4) is 0 Å². The summed E-state index contributed by atoms with van der Waals surface area (Å²) >= 11 is 6.06. The average Bonchev–Trinajstić information content (AvgIpc) is 3.00. The largest absolute Gasteiger partial charge is 1.00 e. The molecule has 1 heterocycles. The molecule has 1 aliphatic rings. The Morgan fingerprint density at radius 1 is 1.24 bits per heavy atom. The van der Waals surface area contributed by atoms with E-state index in [2.05, 4.69) is 16.2 Å². The maximum Gasteiger partial charge on any atom is 0.292 e. The van der Waals surface area contributed by atoms with Gasteiger partial charge in [0.2, 0.25) is 6.54 Å². The van der Waals surface area contributed by atoms with E-state index in [-0.39, 0.29) is 22.9 Å². The SMILES string of the molecule is Cc1cc(Cl)cc(C)c1NC(=O)C[n+]1cccn1C1CCCCC1.[Br-]. The standard InChI is InChI=1S/C19H24ClN3O.BrH/c1-14-11-16(20)12-15(2)19(14)21-18(24)13-22-9-6-10-23(22)17-7-4-3-5-8-17;/h6,9-12,17H,3-5,7-8,13H2,1-2H3;1H. The lowest BCUT2D eigenvalue weighted by Crippen LogP contribution is -3.00. The van der Waals surface area contributed by atoms with Crippen molar-refractivity contribution in [3.63, 3.8) is 0 Å². The summed E-state index contributed by atoms with van der Waals surface area (Å²) in [5, 5.41) is 3.74. The van der Waals surface area contributed by atoms with E-state index in [1.807, 2.05) is 42.9 Å². The number of aromatic nitrogens is 2. The molecule has 0 aliphatic heterocycles. The van der Waals surface area contributed by atoms with Crippen LogP contribution in [-0.2, 0) is 11.3 Å². The predicted octanol–water partition coefficient (Wildman–Crippen LogP) is 1.19. The van der Waals surface area contributed by atoms with Gasteiger partial charge >= 0.3 is 0 Å². The molecule has 4 nitrogen and oxygen atoms in total. The summed E-state index contributed by atoms with van der Waals surface area (Å²) in [5.41, 5.74) is 2.84. The smallest absolute Gasteiger partial charge is 0.292 e. The minimum Gasteiger partial charge on any atom is -1.00 e. The summed E-state index contributed by atoms with van der Waals surface area (Å²) in [5.74, 6) is -0.00992. The normalized spacial score (nSPS) is 14.8. The molecule has 1 aliphatic carbocycles. The fourth-order valence-electron chi connectivity index (χ4n) is 3.63. The fourth-order valence-corrected chi connectivity index (χ4v) is 3.96. The van der Waals surface area contributed by atoms with Crippen molar-refractivity contribution in [2.45, 2.75) is 58.5 Å². The number of aryl methyl sites for hydroxylation is 2. The number of anilines is 1. The van der Waals surface area contributed by atoms with Gasteiger partial charge < -0.3 is 22.3 Å². The zero-order valence-electron chi connectivity index (χ0n) is 14.8. The van der Waals surface area contributed by atoms with Gasteiger partial charge in [0.25, 0.3) is 5.91 Å². The second-order valence-corrected chi connectivity index (χ2v) is 7.16. The molecule has 0 unspecified atom stereocenters. The molecule has 1 aromatic carbocycles. The average molecular weight is 427 g/mol. The Morgan fingerprint density at radius 3 is 2.52 bits per heavy atom. The molecule has 0 radical (unpaired) electrons. The number of hydrogen-bond donors (Lipinski definition) is 1. The molecular weight excluding hydrogens is 402 g/mol. The lowest BCUT2D eigenvalue weighted by Gasteiger charge is -2.21. The van der Waals surface area contributed by atoms with Crippen LogP contribution in [0.15, 0.2) is 30.6 Å². The highest BCUT2D eigenvalue weighted by atomic mass is 79.9. The molecule has 1 fully saturated rings. The summed E-state index contributed by atoms with van der Waals surface area (Å²) in [4.78, 5) is 12.5. The van der Waals surface area contributed by atoms with Gasteiger partial charge in [0.05, 0.1) is 12.2 Å². The van der Waals surface area contributed by atoms with Crippen LogP contribution < -0.4 is 27.0 Å². The van der Waals surface area contributed by atoms with E-state index >= 15 is 0 Å². The van der Waals surface area contributed by atoms with Gasteiger partial charge in [-0.1, -0.05) is 30.9 Å². The van der Waals surface area contributed by atoms with Crippen LogP contribution in [0.3, 0.4) is 0 Å². The minimum absolute atomic E-state index is 0. The van der Waals surface area contributed by atoms with Crippen molar-refractivity contribution in [1.82, 2.24) is 4.68 Å². The van der Waals surface area contributed by atoms with Gasteiger partial charge in [0.1, 0.15) is 0 Å². The highest BCUT2D eigenvalue weighted by molar-refractivity contribution is 6.30. The number of rotatable bonds is 4. The molecule has 1 saturated carbocycles. The molecule has 2 aromatic rings. The molecule has 0 atom stereocenters. The van der Waals surface area contributed by atoms with E-state index in [0.717, 1.165) is 16.8 Å². The summed E-state index contributed by atoms with van der Waals surface area (Å²) in [6, 6.07) is 6.28. The lowest BCUT2D eigenvalue weighted by atomic mass is 9.96. The topological polar surface area (TPSA) is 37.9 Å². The first-order valence-electron chi connectivity index (χ1n) is 8.68. The van der Waals surface area contributed by atoms with Crippen molar-refractivity contribution in [3.05, 3.63) is 46.7 Å². The van der Waals surface area contributed by atoms with Crippen LogP contribution in [-0.4, -0.2) is 10.6 Å².